The lowest BCUT2D eigenvalue weighted by molar-refractivity contribution is -0.141. The summed E-state index contributed by atoms with van der Waals surface area (Å²) in [6.45, 7) is 1.50. The topological polar surface area (TPSA) is 66.4 Å². The molecule has 2 unspecified atom stereocenters. The van der Waals surface area contributed by atoms with Crippen molar-refractivity contribution in [3.8, 4) is 0 Å². The summed E-state index contributed by atoms with van der Waals surface area (Å²) in [7, 11) is 0. The Balaban J connectivity index is 1.75. The largest absolute Gasteiger partial charge is 0.480 e. The molecule has 0 bridgehead atoms. The predicted octanol–water partition coefficient (Wildman–Crippen LogP) is 1.48. The predicted molar refractivity (Wildman–Crippen MR) is 69.8 cm³/mol. The van der Waals surface area contributed by atoms with Crippen molar-refractivity contribution >= 4 is 11.9 Å². The van der Waals surface area contributed by atoms with Crippen LogP contribution in [0.2, 0.25) is 0 Å². The zero-order valence-corrected chi connectivity index (χ0v) is 10.8. The normalized spacial score (nSPS) is 28.8. The number of hydrogen-bond donors (Lipinski definition) is 2. The fraction of sp³-hybridized carbons (Fsp3) is 0.467. The fourth-order valence-corrected chi connectivity index (χ4v) is 3.32. The van der Waals surface area contributed by atoms with Crippen molar-refractivity contribution in [2.45, 2.75) is 37.6 Å². The molecular formula is C15H17NO3. The average molecular weight is 259 g/mol. The van der Waals surface area contributed by atoms with Crippen molar-refractivity contribution in [2.75, 3.05) is 0 Å². The highest BCUT2D eigenvalue weighted by Gasteiger charge is 2.61. The molecule has 2 aliphatic carbocycles. The number of benzene rings is 1. The van der Waals surface area contributed by atoms with Crippen molar-refractivity contribution in [1.29, 1.82) is 0 Å². The van der Waals surface area contributed by atoms with E-state index in [4.69, 9.17) is 5.11 Å². The number of carboxylic acid groups (broad SMARTS) is 1. The maximum atomic E-state index is 12.1. The first-order chi connectivity index (χ1) is 9.04. The fourth-order valence-electron chi connectivity index (χ4n) is 3.32. The Morgan fingerprint density at radius 3 is 2.89 bits per heavy atom. The van der Waals surface area contributed by atoms with Crippen LogP contribution in [0.4, 0.5) is 0 Å². The molecule has 1 amide bonds. The smallest absolute Gasteiger partial charge is 0.325 e. The second kappa shape index (κ2) is 4.08. The minimum atomic E-state index is -0.991. The van der Waals surface area contributed by atoms with Gasteiger partial charge in [0.1, 0.15) is 6.04 Å². The molecular weight excluding hydrogens is 242 g/mol. The molecule has 0 aromatic heterocycles. The minimum absolute atomic E-state index is 0.0150. The molecule has 0 aliphatic heterocycles. The number of carbonyl (C=O) groups excluding carboxylic acids is 1. The zero-order valence-electron chi connectivity index (χ0n) is 10.8. The Morgan fingerprint density at radius 1 is 1.42 bits per heavy atom. The van der Waals surface area contributed by atoms with Gasteiger partial charge in [-0.05, 0) is 37.3 Å². The summed E-state index contributed by atoms with van der Waals surface area (Å²) < 4.78 is 0. The lowest BCUT2D eigenvalue weighted by atomic mass is 9.95. The number of carboxylic acids is 1. The number of amides is 1. The van der Waals surface area contributed by atoms with Gasteiger partial charge in [-0.1, -0.05) is 24.3 Å². The molecule has 4 nitrogen and oxygen atoms in total. The second-order valence-corrected chi connectivity index (χ2v) is 5.64. The molecule has 0 saturated heterocycles. The van der Waals surface area contributed by atoms with E-state index < -0.39 is 12.0 Å². The van der Waals surface area contributed by atoms with Crippen molar-refractivity contribution in [3.63, 3.8) is 0 Å². The SMILES string of the molecule is C[C@@H](NC(=O)C1CC12CCc1ccccc12)C(=O)O. The van der Waals surface area contributed by atoms with Gasteiger partial charge < -0.3 is 10.4 Å². The van der Waals surface area contributed by atoms with Gasteiger partial charge in [-0.25, -0.2) is 0 Å². The Bertz CT molecular complexity index is 554. The van der Waals surface area contributed by atoms with E-state index in [1.807, 2.05) is 12.1 Å². The number of carbonyl (C=O) groups is 2. The first-order valence-corrected chi connectivity index (χ1v) is 6.66. The molecule has 4 heteroatoms. The number of aliphatic carboxylic acids is 1. The first-order valence-electron chi connectivity index (χ1n) is 6.66. The highest BCUT2D eigenvalue weighted by atomic mass is 16.4. The Hall–Kier alpha value is -1.84. The quantitative estimate of drug-likeness (QED) is 0.864. The van der Waals surface area contributed by atoms with E-state index in [0.717, 1.165) is 19.3 Å². The van der Waals surface area contributed by atoms with Crippen molar-refractivity contribution in [2.24, 2.45) is 5.92 Å². The molecule has 100 valence electrons. The number of hydrogen-bond acceptors (Lipinski definition) is 2. The van der Waals surface area contributed by atoms with E-state index in [2.05, 4.69) is 17.4 Å². The molecule has 1 saturated carbocycles. The van der Waals surface area contributed by atoms with Gasteiger partial charge in [0.05, 0.1) is 0 Å². The van der Waals surface area contributed by atoms with Gasteiger partial charge in [0.2, 0.25) is 5.91 Å². The zero-order chi connectivity index (χ0) is 13.6. The van der Waals surface area contributed by atoms with Gasteiger partial charge in [-0.2, -0.15) is 0 Å². The third-order valence-electron chi connectivity index (χ3n) is 4.52. The van der Waals surface area contributed by atoms with Crippen LogP contribution in [0.25, 0.3) is 0 Å². The van der Waals surface area contributed by atoms with E-state index in [1.165, 1.54) is 18.1 Å². The van der Waals surface area contributed by atoms with Crippen LogP contribution in [0.5, 0.6) is 0 Å². The van der Waals surface area contributed by atoms with Crippen molar-refractivity contribution in [1.82, 2.24) is 5.32 Å². The van der Waals surface area contributed by atoms with Gasteiger partial charge >= 0.3 is 5.97 Å². The highest BCUT2D eigenvalue weighted by molar-refractivity contribution is 5.88. The van der Waals surface area contributed by atoms with Gasteiger partial charge in [0.25, 0.3) is 0 Å². The van der Waals surface area contributed by atoms with Crippen molar-refractivity contribution < 1.29 is 14.7 Å². The summed E-state index contributed by atoms with van der Waals surface area (Å²) in [6.07, 6.45) is 2.88. The Morgan fingerprint density at radius 2 is 2.16 bits per heavy atom. The molecule has 3 atom stereocenters. The van der Waals surface area contributed by atoms with Crippen molar-refractivity contribution in [3.05, 3.63) is 35.4 Å². The van der Waals surface area contributed by atoms with E-state index in [1.54, 1.807) is 0 Å². The number of aryl methyl sites for hydroxylation is 1. The van der Waals surface area contributed by atoms with Crippen LogP contribution in [0, 0.1) is 5.92 Å². The van der Waals surface area contributed by atoms with E-state index >= 15 is 0 Å². The van der Waals surface area contributed by atoms with Crippen LogP contribution in [0.1, 0.15) is 30.9 Å². The van der Waals surface area contributed by atoms with Crippen LogP contribution < -0.4 is 5.32 Å². The molecule has 2 N–H and O–H groups in total. The summed E-state index contributed by atoms with van der Waals surface area (Å²) in [5.41, 5.74) is 2.61. The standard InChI is InChI=1S/C15H17NO3/c1-9(14(18)19)16-13(17)12-8-15(12)7-6-10-4-2-3-5-11(10)15/h2-5,9,12H,6-8H2,1H3,(H,16,17)(H,18,19)/t9-,12?,15?/m1/s1. The maximum absolute atomic E-state index is 12.1. The van der Waals surface area contributed by atoms with Crippen LogP contribution in [0.3, 0.4) is 0 Å². The van der Waals surface area contributed by atoms with E-state index in [0.29, 0.717) is 0 Å². The van der Waals surface area contributed by atoms with Gasteiger partial charge in [0.15, 0.2) is 0 Å². The summed E-state index contributed by atoms with van der Waals surface area (Å²) in [4.78, 5) is 22.9. The molecule has 1 aromatic rings. The molecule has 0 heterocycles. The first kappa shape index (κ1) is 12.2. The Kier molecular flexibility index (Phi) is 2.62. The summed E-state index contributed by atoms with van der Waals surface area (Å²) in [5.74, 6) is -1.17. The van der Waals surface area contributed by atoms with Crippen LogP contribution >= 0.6 is 0 Å². The molecule has 1 aromatic carbocycles. The van der Waals surface area contributed by atoms with Gasteiger partial charge in [-0.3, -0.25) is 9.59 Å². The van der Waals surface area contributed by atoms with Gasteiger partial charge in [-0.15, -0.1) is 0 Å². The van der Waals surface area contributed by atoms with Crippen LogP contribution in [0.15, 0.2) is 24.3 Å². The molecule has 0 radical (unpaired) electrons. The summed E-state index contributed by atoms with van der Waals surface area (Å²) in [6, 6.07) is 7.45. The second-order valence-electron chi connectivity index (χ2n) is 5.64. The van der Waals surface area contributed by atoms with Gasteiger partial charge in [0, 0.05) is 11.3 Å². The van der Waals surface area contributed by atoms with E-state index in [-0.39, 0.29) is 17.2 Å². The summed E-state index contributed by atoms with van der Waals surface area (Å²) in [5, 5.41) is 11.4. The lowest BCUT2D eigenvalue weighted by Crippen LogP contribution is -2.40. The number of fused-ring (bicyclic) bond motifs is 2. The third kappa shape index (κ3) is 1.82. The highest BCUT2D eigenvalue weighted by Crippen LogP contribution is 2.61. The summed E-state index contributed by atoms with van der Waals surface area (Å²) >= 11 is 0. The molecule has 19 heavy (non-hydrogen) atoms. The van der Waals surface area contributed by atoms with Crippen LogP contribution in [-0.2, 0) is 21.4 Å². The molecule has 1 spiro atoms. The number of nitrogens with one attached hydrogen (secondary N) is 1. The third-order valence-corrected chi connectivity index (χ3v) is 4.52. The molecule has 1 fully saturated rings. The monoisotopic (exact) mass is 259 g/mol. The van der Waals surface area contributed by atoms with E-state index in [9.17, 15) is 9.59 Å². The average Bonchev–Trinajstić information content (AvgIpc) is 3.00. The lowest BCUT2D eigenvalue weighted by Gasteiger charge is -2.13. The maximum Gasteiger partial charge on any atom is 0.325 e. The Labute approximate surface area is 111 Å². The number of rotatable bonds is 3. The minimum Gasteiger partial charge on any atom is -0.480 e. The molecule has 2 aliphatic rings. The van der Waals surface area contributed by atoms with Crippen LogP contribution in [-0.4, -0.2) is 23.0 Å². The molecule has 3 rings (SSSR count).